The molecule has 0 aliphatic rings. The molecule has 0 saturated carbocycles. The summed E-state index contributed by atoms with van der Waals surface area (Å²) in [4.78, 5) is 39.3. The fraction of sp³-hybridized carbons (Fsp3) is 1.00. The number of aliphatic hydroxyl groups excluding tert-OH is 1. The Hall–Kier alpha value is 6.81. The predicted molar refractivity (Wildman–Crippen MR) is 26.1 cm³/mol. The van der Waals surface area contributed by atoms with Gasteiger partial charge in [0.25, 0.3) is 0 Å². The number of hydrogen-bond donors (Lipinski definition) is 1. The average Bonchev–Trinajstić information content (AvgIpc) is 1.56. The van der Waals surface area contributed by atoms with Crippen LogP contribution in [-0.2, 0) is 9.13 Å². The van der Waals surface area contributed by atoms with Crippen LogP contribution in [0.15, 0.2) is 0 Å². The molecule has 0 fully saturated rings. The van der Waals surface area contributed by atoms with Crippen LogP contribution in [-0.4, -0.2) is 17.1 Å². The van der Waals surface area contributed by atoms with Gasteiger partial charge >= 0.3 is 206 Å². The molecule has 1 unspecified atom stereocenters. The molecule has 0 heterocycles. The van der Waals surface area contributed by atoms with E-state index in [4.69, 9.17) is 5.11 Å². The molecular weight excluding hydrogens is 354 g/mol. The van der Waals surface area contributed by atoms with Gasteiger partial charge in [-0.1, -0.05) is 7.60 Å². The molecule has 0 radical (unpaired) electrons. The van der Waals surface area contributed by atoms with Gasteiger partial charge < -0.3 is 33.8 Å². The van der Waals surface area contributed by atoms with E-state index in [1.54, 1.807) is 0 Å². The molecule has 7 nitrogen and oxygen atoms in total. The smallest absolute Gasteiger partial charge is 0.811 e. The van der Waals surface area contributed by atoms with Gasteiger partial charge in [0, 0.05) is 6.16 Å². The summed E-state index contributed by atoms with van der Waals surface area (Å²) in [5.74, 6) is -2.64. The van der Waals surface area contributed by atoms with Crippen LogP contribution in [0, 0.1) is 0 Å². The average molecular weight is 358 g/mol. The maximum absolute atomic E-state index is 9.83. The summed E-state index contributed by atoms with van der Waals surface area (Å²) < 4.78 is 19.6. The molecule has 13 heteroatoms. The van der Waals surface area contributed by atoms with Gasteiger partial charge in [-0.05, 0) is 7.60 Å². The number of rotatable bonds is 3. The van der Waals surface area contributed by atoms with Gasteiger partial charge in [-0.3, -0.25) is 0 Å². The predicted octanol–water partition coefficient (Wildman–Crippen LogP) is -15.9. The number of hydrogen-bond acceptors (Lipinski definition) is 7. The maximum Gasteiger partial charge on any atom is 1.00 e. The zero-order chi connectivity index (χ0) is 9.28. The molecule has 0 aromatic carbocycles. The Balaban J connectivity index is -0.0000000833. The monoisotopic (exact) mass is 358 g/mol. The van der Waals surface area contributed by atoms with Gasteiger partial charge in [-0.2, -0.15) is 0 Å². The van der Waals surface area contributed by atoms with Gasteiger partial charge in [0.05, 0.1) is 5.85 Å². The third-order valence-electron chi connectivity index (χ3n) is 0.752. The van der Waals surface area contributed by atoms with Crippen LogP contribution in [0.5, 0.6) is 0 Å². The van der Waals surface area contributed by atoms with Gasteiger partial charge in [0.15, 0.2) is 0 Å². The van der Waals surface area contributed by atoms with Crippen LogP contribution >= 0.6 is 15.2 Å². The molecule has 0 aliphatic carbocycles. The molecule has 0 amide bonds. The Morgan fingerprint density at radius 1 is 0.933 bits per heavy atom. The summed E-state index contributed by atoms with van der Waals surface area (Å²) in [5.41, 5.74) is 0. The summed E-state index contributed by atoms with van der Waals surface area (Å²) in [5, 5.41) is 8.26. The van der Waals surface area contributed by atoms with Crippen molar-refractivity contribution in [3.05, 3.63) is 0 Å². The van der Waals surface area contributed by atoms with Crippen LogP contribution in [0.2, 0.25) is 0 Å². The topological polar surface area (TPSA) is 147 Å². The molecule has 1 N–H and O–H groups in total. The van der Waals surface area contributed by atoms with Crippen LogP contribution in [0.1, 0.15) is 0 Å². The van der Waals surface area contributed by atoms with Crippen molar-refractivity contribution in [3.8, 4) is 0 Å². The van der Waals surface area contributed by atoms with Gasteiger partial charge in [0.1, 0.15) is 0 Å². The summed E-state index contributed by atoms with van der Waals surface area (Å²) >= 11 is 0. The molecule has 0 aromatic rings. The van der Waals surface area contributed by atoms with E-state index in [1.807, 2.05) is 0 Å². The fourth-order valence-corrected chi connectivity index (χ4v) is 2.10. The van der Waals surface area contributed by atoms with E-state index in [0.29, 0.717) is 0 Å². The van der Waals surface area contributed by atoms with Crippen molar-refractivity contribution in [2.75, 3.05) is 6.16 Å². The Morgan fingerprint density at radius 3 is 1.27 bits per heavy atom. The summed E-state index contributed by atoms with van der Waals surface area (Å²) in [7, 11) is -10.5. The second-order valence-electron chi connectivity index (χ2n) is 1.81. The van der Waals surface area contributed by atoms with Crippen LogP contribution < -0.4 is 225 Å². The van der Waals surface area contributed by atoms with E-state index >= 15 is 0 Å². The molecule has 0 rings (SSSR count). The van der Waals surface area contributed by atoms with Crippen molar-refractivity contribution >= 4 is 15.2 Å². The molecule has 0 bridgehead atoms. The third-order valence-corrected chi connectivity index (χ3v) is 2.75. The van der Waals surface area contributed by atoms with Gasteiger partial charge in [-0.15, -0.1) is 0 Å². The molecule has 0 aromatic heterocycles. The summed E-state index contributed by atoms with van der Waals surface area (Å²) in [6, 6.07) is 0. The minimum atomic E-state index is -5.37. The first-order valence-electron chi connectivity index (χ1n) is 2.34. The van der Waals surface area contributed by atoms with E-state index in [1.165, 1.54) is 0 Å². The molecule has 0 saturated heterocycles. The number of aliphatic hydroxyl groups is 1. The largest absolute Gasteiger partial charge is 1.00 e. The van der Waals surface area contributed by atoms with E-state index in [9.17, 15) is 28.7 Å². The normalized spacial score (nSPS) is 12.1. The van der Waals surface area contributed by atoms with Crippen LogP contribution in [0.25, 0.3) is 0 Å². The zero-order valence-electron chi connectivity index (χ0n) is 9.08. The Labute approximate surface area is 258 Å². The Kier molecular flexibility index (Phi) is 35.0. The second kappa shape index (κ2) is 15.7. The molecular formula is C2H4K4O7P2. The van der Waals surface area contributed by atoms with E-state index in [2.05, 4.69) is 0 Å². The molecule has 1 atom stereocenters. The van der Waals surface area contributed by atoms with E-state index in [-0.39, 0.29) is 206 Å². The summed E-state index contributed by atoms with van der Waals surface area (Å²) in [6.07, 6.45) is -1.57. The quantitative estimate of drug-likeness (QED) is 0.389. The fourth-order valence-electron chi connectivity index (χ4n) is 0.300. The molecule has 68 valence electrons. The van der Waals surface area contributed by atoms with Crippen molar-refractivity contribution < 1.29 is 239 Å². The molecule has 0 spiro atoms. The Morgan fingerprint density at radius 2 is 1.20 bits per heavy atom. The van der Waals surface area contributed by atoms with E-state index < -0.39 is 27.2 Å². The first-order valence-corrected chi connectivity index (χ1v) is 5.68. The summed E-state index contributed by atoms with van der Waals surface area (Å²) in [6.45, 7) is 0. The molecule has 15 heavy (non-hydrogen) atoms. The minimum absolute atomic E-state index is 0. The van der Waals surface area contributed by atoms with Crippen molar-refractivity contribution in [3.63, 3.8) is 0 Å². The first kappa shape index (κ1) is 33.4. The van der Waals surface area contributed by atoms with Crippen molar-refractivity contribution in [1.29, 1.82) is 0 Å². The second-order valence-corrected chi connectivity index (χ2v) is 5.08. The third kappa shape index (κ3) is 23.2. The van der Waals surface area contributed by atoms with E-state index in [0.717, 1.165) is 0 Å². The zero-order valence-corrected chi connectivity index (χ0v) is 23.4. The first-order chi connectivity index (χ1) is 4.63. The SMILES string of the molecule is O=P([O-])([O-])CC(O)P(=O)([O-])[O-].[K+].[K+].[K+].[K+]. The Bertz CT molecular complexity index is 223. The maximum atomic E-state index is 9.83. The van der Waals surface area contributed by atoms with Crippen molar-refractivity contribution in [2.45, 2.75) is 5.85 Å². The minimum Gasteiger partial charge on any atom is -0.811 e. The van der Waals surface area contributed by atoms with Crippen molar-refractivity contribution in [2.24, 2.45) is 0 Å². The van der Waals surface area contributed by atoms with Crippen LogP contribution in [0.4, 0.5) is 0 Å². The van der Waals surface area contributed by atoms with Crippen molar-refractivity contribution in [1.82, 2.24) is 0 Å². The standard InChI is InChI=1S/C2H8O7P2.4K/c3-2(11(7,8)9)1-10(4,5)6;;;;/h2-3H,1H2,(H2,4,5,6)(H2,7,8,9);;;;/q;4*+1/p-4. The van der Waals surface area contributed by atoms with Crippen LogP contribution in [0.3, 0.4) is 0 Å². The van der Waals surface area contributed by atoms with Gasteiger partial charge in [-0.25, -0.2) is 0 Å². The molecule has 0 aliphatic heterocycles. The van der Waals surface area contributed by atoms with Gasteiger partial charge in [0.2, 0.25) is 0 Å².